The van der Waals surface area contributed by atoms with Crippen LogP contribution in [0.3, 0.4) is 0 Å². The van der Waals surface area contributed by atoms with Crippen molar-refractivity contribution in [2.75, 3.05) is 0 Å². The zero-order valence-electron chi connectivity index (χ0n) is 14.3. The van der Waals surface area contributed by atoms with Crippen LogP contribution in [0.25, 0.3) is 22.2 Å². The molecule has 3 aromatic carbocycles. The van der Waals surface area contributed by atoms with Crippen molar-refractivity contribution < 1.29 is 14.6 Å². The minimum atomic E-state index is -0.895. The number of aromatic nitrogens is 1. The van der Waals surface area contributed by atoms with Crippen LogP contribution in [0.4, 0.5) is 0 Å². The molecule has 0 aliphatic rings. The zero-order valence-corrected chi connectivity index (χ0v) is 15.0. The van der Waals surface area contributed by atoms with E-state index >= 15 is 0 Å². The second kappa shape index (κ2) is 7.17. The van der Waals surface area contributed by atoms with Gasteiger partial charge in [-0.15, -0.1) is 0 Å². The lowest BCUT2D eigenvalue weighted by atomic mass is 10.0. The van der Waals surface area contributed by atoms with Crippen LogP contribution in [0.15, 0.2) is 72.8 Å². The molecule has 0 spiro atoms. The summed E-state index contributed by atoms with van der Waals surface area (Å²) in [5.74, 6) is 0.479. The molecule has 5 heteroatoms. The molecule has 1 heterocycles. The zero-order chi connectivity index (χ0) is 18.8. The fourth-order valence-electron chi connectivity index (χ4n) is 3.14. The van der Waals surface area contributed by atoms with Crippen molar-refractivity contribution in [1.82, 2.24) is 4.98 Å². The van der Waals surface area contributed by atoms with Gasteiger partial charge in [0.05, 0.1) is 12.1 Å². The van der Waals surface area contributed by atoms with Crippen LogP contribution in [0.5, 0.6) is 11.5 Å². The summed E-state index contributed by atoms with van der Waals surface area (Å²) in [7, 11) is 0. The van der Waals surface area contributed by atoms with Crippen LogP contribution in [0.1, 0.15) is 5.56 Å². The van der Waals surface area contributed by atoms with E-state index in [2.05, 4.69) is 4.98 Å². The Hall–Kier alpha value is -3.24. The van der Waals surface area contributed by atoms with Gasteiger partial charge in [-0.3, -0.25) is 4.79 Å². The van der Waals surface area contributed by atoms with Crippen molar-refractivity contribution in [1.29, 1.82) is 0 Å². The standard InChI is InChI=1S/C22H16ClNO3/c23-15-6-4-5-14(11-15)22-19(13-21(25)26)18-12-17(9-10-20(18)24-22)27-16-7-2-1-3-8-16/h1-12,24H,13H2,(H,25,26). The van der Waals surface area contributed by atoms with Crippen molar-refractivity contribution in [3.8, 4) is 22.8 Å². The van der Waals surface area contributed by atoms with E-state index in [1.54, 1.807) is 6.07 Å². The monoisotopic (exact) mass is 377 g/mol. The molecular formula is C22H16ClNO3. The van der Waals surface area contributed by atoms with Gasteiger partial charge in [0.1, 0.15) is 11.5 Å². The van der Waals surface area contributed by atoms with Gasteiger partial charge in [0.15, 0.2) is 0 Å². The van der Waals surface area contributed by atoms with Crippen LogP contribution in [0, 0.1) is 0 Å². The number of aromatic amines is 1. The summed E-state index contributed by atoms with van der Waals surface area (Å²) in [6, 6.07) is 22.4. The van der Waals surface area contributed by atoms with E-state index in [-0.39, 0.29) is 6.42 Å². The highest BCUT2D eigenvalue weighted by Gasteiger charge is 2.17. The van der Waals surface area contributed by atoms with E-state index < -0.39 is 5.97 Å². The molecule has 0 saturated heterocycles. The van der Waals surface area contributed by atoms with E-state index in [4.69, 9.17) is 16.3 Å². The minimum Gasteiger partial charge on any atom is -0.481 e. The molecule has 0 radical (unpaired) electrons. The lowest BCUT2D eigenvalue weighted by Crippen LogP contribution is -2.01. The first-order valence-electron chi connectivity index (χ1n) is 8.45. The number of H-pyrrole nitrogens is 1. The summed E-state index contributed by atoms with van der Waals surface area (Å²) in [4.78, 5) is 14.8. The molecular weight excluding hydrogens is 362 g/mol. The quantitative estimate of drug-likeness (QED) is 0.454. The number of hydrogen-bond donors (Lipinski definition) is 2. The van der Waals surface area contributed by atoms with Gasteiger partial charge in [0, 0.05) is 15.9 Å². The van der Waals surface area contributed by atoms with Crippen LogP contribution >= 0.6 is 11.6 Å². The third-order valence-corrected chi connectivity index (χ3v) is 4.53. The lowest BCUT2D eigenvalue weighted by molar-refractivity contribution is -0.136. The number of nitrogens with one attached hydrogen (secondary N) is 1. The van der Waals surface area contributed by atoms with Crippen LogP contribution in [-0.2, 0) is 11.2 Å². The molecule has 27 heavy (non-hydrogen) atoms. The van der Waals surface area contributed by atoms with Gasteiger partial charge in [-0.25, -0.2) is 0 Å². The highest BCUT2D eigenvalue weighted by molar-refractivity contribution is 6.30. The summed E-state index contributed by atoms with van der Waals surface area (Å²) in [5, 5.41) is 10.8. The number of carboxylic acids is 1. The van der Waals surface area contributed by atoms with Crippen LogP contribution < -0.4 is 4.74 Å². The van der Waals surface area contributed by atoms with Crippen LogP contribution in [0.2, 0.25) is 5.02 Å². The Bertz CT molecular complexity index is 1120. The molecule has 4 rings (SSSR count). The topological polar surface area (TPSA) is 62.3 Å². The van der Waals surface area contributed by atoms with Gasteiger partial charge in [-0.05, 0) is 53.6 Å². The Labute approximate surface area is 161 Å². The molecule has 0 unspecified atom stereocenters. The van der Waals surface area contributed by atoms with Crippen molar-refractivity contribution in [3.63, 3.8) is 0 Å². The normalized spacial score (nSPS) is 10.9. The molecule has 0 aliphatic carbocycles. The number of ether oxygens (including phenoxy) is 1. The fraction of sp³-hybridized carbons (Fsp3) is 0.0455. The second-order valence-electron chi connectivity index (χ2n) is 6.18. The highest BCUT2D eigenvalue weighted by atomic mass is 35.5. The van der Waals surface area contributed by atoms with Gasteiger partial charge in [-0.2, -0.15) is 0 Å². The summed E-state index contributed by atoms with van der Waals surface area (Å²) in [6.45, 7) is 0. The maximum Gasteiger partial charge on any atom is 0.307 e. The number of carboxylic acid groups (broad SMARTS) is 1. The molecule has 134 valence electrons. The number of carbonyl (C=O) groups is 1. The van der Waals surface area contributed by atoms with Gasteiger partial charge in [0.2, 0.25) is 0 Å². The molecule has 0 saturated carbocycles. The second-order valence-corrected chi connectivity index (χ2v) is 6.62. The predicted octanol–water partition coefficient (Wildman–Crippen LogP) is 5.91. The van der Waals surface area contributed by atoms with Crippen molar-refractivity contribution >= 4 is 28.5 Å². The Balaban J connectivity index is 1.83. The minimum absolute atomic E-state index is 0.101. The van der Waals surface area contributed by atoms with Crippen molar-refractivity contribution in [3.05, 3.63) is 83.4 Å². The summed E-state index contributed by atoms with van der Waals surface area (Å²) < 4.78 is 5.90. The first kappa shape index (κ1) is 17.2. The van der Waals surface area contributed by atoms with Gasteiger partial charge in [0.25, 0.3) is 0 Å². The molecule has 0 aliphatic heterocycles. The molecule has 0 atom stereocenters. The molecule has 0 fully saturated rings. The fourth-order valence-corrected chi connectivity index (χ4v) is 3.33. The van der Waals surface area contributed by atoms with Crippen molar-refractivity contribution in [2.45, 2.75) is 6.42 Å². The molecule has 4 aromatic rings. The molecule has 0 bridgehead atoms. The Kier molecular flexibility index (Phi) is 4.57. The largest absolute Gasteiger partial charge is 0.481 e. The Morgan fingerprint density at radius 3 is 2.52 bits per heavy atom. The van der Waals surface area contributed by atoms with E-state index in [0.717, 1.165) is 27.9 Å². The molecule has 1 aromatic heterocycles. The Morgan fingerprint density at radius 2 is 1.78 bits per heavy atom. The van der Waals surface area contributed by atoms with E-state index in [1.807, 2.05) is 66.7 Å². The SMILES string of the molecule is O=C(O)Cc1c(-c2cccc(Cl)c2)[nH]c2ccc(Oc3ccccc3)cc12. The molecule has 2 N–H and O–H groups in total. The first-order chi connectivity index (χ1) is 13.1. The summed E-state index contributed by atoms with van der Waals surface area (Å²) >= 11 is 6.12. The lowest BCUT2D eigenvalue weighted by Gasteiger charge is -2.06. The number of halogens is 1. The first-order valence-corrected chi connectivity index (χ1v) is 8.83. The Morgan fingerprint density at radius 1 is 0.963 bits per heavy atom. The molecule has 4 nitrogen and oxygen atoms in total. The smallest absolute Gasteiger partial charge is 0.307 e. The van der Waals surface area contributed by atoms with E-state index in [0.29, 0.717) is 16.3 Å². The third-order valence-electron chi connectivity index (χ3n) is 4.30. The average molecular weight is 378 g/mol. The van der Waals surface area contributed by atoms with Gasteiger partial charge < -0.3 is 14.8 Å². The molecule has 0 amide bonds. The number of fused-ring (bicyclic) bond motifs is 1. The number of benzene rings is 3. The van der Waals surface area contributed by atoms with Crippen LogP contribution in [-0.4, -0.2) is 16.1 Å². The predicted molar refractivity (Wildman–Crippen MR) is 107 cm³/mol. The maximum atomic E-state index is 11.5. The van der Waals surface area contributed by atoms with E-state index in [9.17, 15) is 9.90 Å². The number of aliphatic carboxylic acids is 1. The third kappa shape index (κ3) is 3.66. The van der Waals surface area contributed by atoms with Crippen molar-refractivity contribution in [2.24, 2.45) is 0 Å². The number of para-hydroxylation sites is 1. The summed E-state index contributed by atoms with van der Waals surface area (Å²) in [5.41, 5.74) is 3.16. The van der Waals surface area contributed by atoms with Gasteiger partial charge in [-0.1, -0.05) is 41.9 Å². The van der Waals surface area contributed by atoms with E-state index in [1.165, 1.54) is 0 Å². The maximum absolute atomic E-state index is 11.5. The van der Waals surface area contributed by atoms with Gasteiger partial charge >= 0.3 is 5.97 Å². The highest BCUT2D eigenvalue weighted by Crippen LogP contribution is 2.35. The number of rotatable bonds is 5. The average Bonchev–Trinajstić information content (AvgIpc) is 3.00. The number of hydrogen-bond acceptors (Lipinski definition) is 2. The summed E-state index contributed by atoms with van der Waals surface area (Å²) in [6.07, 6.45) is -0.101.